The van der Waals surface area contributed by atoms with Gasteiger partial charge in [-0.25, -0.2) is 0 Å². The molecule has 0 radical (unpaired) electrons. The van der Waals surface area contributed by atoms with E-state index in [0.29, 0.717) is 12.1 Å². The summed E-state index contributed by atoms with van der Waals surface area (Å²) in [5.74, 6) is -0.395. The van der Waals surface area contributed by atoms with Crippen LogP contribution >= 0.6 is 12.4 Å². The Morgan fingerprint density at radius 2 is 1.87 bits per heavy atom. The summed E-state index contributed by atoms with van der Waals surface area (Å²) in [7, 11) is 1.73. The van der Waals surface area contributed by atoms with Crippen molar-refractivity contribution in [3.8, 4) is 11.5 Å². The van der Waals surface area contributed by atoms with Crippen LogP contribution in [0.1, 0.15) is 11.7 Å². The van der Waals surface area contributed by atoms with E-state index >= 15 is 0 Å². The number of aliphatic hydroxyl groups excluding tert-OH is 1. The second-order valence-corrected chi connectivity index (χ2v) is 2.82. The highest BCUT2D eigenvalue weighted by Gasteiger charge is 2.08. The van der Waals surface area contributed by atoms with Gasteiger partial charge in [0.25, 0.3) is 0 Å². The molecule has 0 unspecified atom stereocenters. The van der Waals surface area contributed by atoms with E-state index in [4.69, 9.17) is 10.2 Å². The van der Waals surface area contributed by atoms with Crippen LogP contribution in [0.25, 0.3) is 0 Å². The number of halogens is 1. The molecular weight excluding hydrogens is 220 g/mol. The SMILES string of the molecule is CNC[C@H](O)c1ccc(O)c(O)c1.Cl.N. The van der Waals surface area contributed by atoms with Crippen molar-refractivity contribution in [2.75, 3.05) is 13.6 Å². The van der Waals surface area contributed by atoms with E-state index in [9.17, 15) is 5.11 Å². The molecule has 0 aromatic heterocycles. The Morgan fingerprint density at radius 3 is 2.33 bits per heavy atom. The fourth-order valence-electron chi connectivity index (χ4n) is 1.06. The molecular formula is C9H17ClN2O3. The van der Waals surface area contributed by atoms with Gasteiger partial charge in [-0.2, -0.15) is 0 Å². The molecule has 0 saturated carbocycles. The fraction of sp³-hybridized carbons (Fsp3) is 0.333. The Labute approximate surface area is 94.7 Å². The number of aliphatic hydroxyl groups is 1. The van der Waals surface area contributed by atoms with Gasteiger partial charge in [0.1, 0.15) is 0 Å². The van der Waals surface area contributed by atoms with Crippen molar-refractivity contribution in [3.63, 3.8) is 0 Å². The minimum Gasteiger partial charge on any atom is -0.504 e. The number of hydrogen-bond donors (Lipinski definition) is 5. The minimum absolute atomic E-state index is 0. The van der Waals surface area contributed by atoms with Crippen LogP contribution in [0.5, 0.6) is 11.5 Å². The first kappa shape index (κ1) is 16.4. The zero-order valence-corrected chi connectivity index (χ0v) is 9.29. The summed E-state index contributed by atoms with van der Waals surface area (Å²) in [5.41, 5.74) is 0.574. The molecule has 0 heterocycles. The molecule has 1 atom stereocenters. The van der Waals surface area contributed by atoms with Crippen LogP contribution in [0.15, 0.2) is 18.2 Å². The number of likely N-dealkylation sites (N-methyl/N-ethyl adjacent to an activating group) is 1. The van der Waals surface area contributed by atoms with Gasteiger partial charge in [0.15, 0.2) is 11.5 Å². The first-order valence-electron chi connectivity index (χ1n) is 3.99. The molecule has 0 fully saturated rings. The van der Waals surface area contributed by atoms with E-state index < -0.39 is 6.10 Å². The summed E-state index contributed by atoms with van der Waals surface area (Å²) < 4.78 is 0. The molecule has 5 nitrogen and oxygen atoms in total. The number of benzene rings is 1. The summed E-state index contributed by atoms with van der Waals surface area (Å²) in [6, 6.07) is 4.26. The number of rotatable bonds is 3. The van der Waals surface area contributed by atoms with Crippen LogP contribution in [0.3, 0.4) is 0 Å². The largest absolute Gasteiger partial charge is 0.504 e. The molecule has 1 aromatic rings. The number of nitrogens with one attached hydrogen (secondary N) is 1. The zero-order valence-electron chi connectivity index (χ0n) is 8.47. The summed E-state index contributed by atoms with van der Waals surface area (Å²) in [4.78, 5) is 0. The third-order valence-electron chi connectivity index (χ3n) is 1.78. The quantitative estimate of drug-likeness (QED) is 0.502. The predicted molar refractivity (Wildman–Crippen MR) is 60.9 cm³/mol. The average molecular weight is 237 g/mol. The molecule has 0 bridgehead atoms. The van der Waals surface area contributed by atoms with E-state index in [1.807, 2.05) is 0 Å². The zero-order chi connectivity index (χ0) is 9.84. The summed E-state index contributed by atoms with van der Waals surface area (Å²) in [5, 5.41) is 30.4. The van der Waals surface area contributed by atoms with Crippen LogP contribution in [0.2, 0.25) is 0 Å². The number of phenols is 2. The Hall–Kier alpha value is -1.01. The first-order chi connectivity index (χ1) is 6.15. The number of hydrogen-bond acceptors (Lipinski definition) is 5. The highest BCUT2D eigenvalue weighted by molar-refractivity contribution is 5.85. The Bertz CT molecular complexity index is 297. The highest BCUT2D eigenvalue weighted by atomic mass is 35.5. The van der Waals surface area contributed by atoms with Crippen LogP contribution < -0.4 is 11.5 Å². The standard InChI is InChI=1S/C9H13NO3.ClH.H3N/c1-10-5-9(13)6-2-3-7(11)8(12)4-6;;/h2-4,9-13H,5H2,1H3;1H;1H3/t9-;;/m0../s1. The molecule has 0 aliphatic rings. The molecule has 0 spiro atoms. The van der Waals surface area contributed by atoms with Crippen molar-refractivity contribution in [1.29, 1.82) is 0 Å². The number of aromatic hydroxyl groups is 2. The van der Waals surface area contributed by atoms with E-state index in [1.165, 1.54) is 12.1 Å². The smallest absolute Gasteiger partial charge is 0.157 e. The monoisotopic (exact) mass is 236 g/mol. The van der Waals surface area contributed by atoms with Gasteiger partial charge < -0.3 is 26.8 Å². The minimum atomic E-state index is -0.670. The van der Waals surface area contributed by atoms with Crippen molar-refractivity contribution in [3.05, 3.63) is 23.8 Å². The van der Waals surface area contributed by atoms with Gasteiger partial charge in [-0.05, 0) is 24.7 Å². The normalized spacial score (nSPS) is 11.1. The Kier molecular flexibility index (Phi) is 8.00. The van der Waals surface area contributed by atoms with Crippen LogP contribution in [0, 0.1) is 0 Å². The van der Waals surface area contributed by atoms with Gasteiger partial charge >= 0.3 is 0 Å². The first-order valence-corrected chi connectivity index (χ1v) is 3.99. The van der Waals surface area contributed by atoms with Crippen molar-refractivity contribution >= 4 is 12.4 Å². The molecule has 0 amide bonds. The molecule has 0 saturated heterocycles. The Morgan fingerprint density at radius 1 is 1.27 bits per heavy atom. The predicted octanol–water partition coefficient (Wildman–Crippen LogP) is 0.934. The molecule has 0 aliphatic carbocycles. The maximum Gasteiger partial charge on any atom is 0.157 e. The lowest BCUT2D eigenvalue weighted by Gasteiger charge is -2.10. The van der Waals surface area contributed by atoms with Crippen molar-refractivity contribution < 1.29 is 15.3 Å². The van der Waals surface area contributed by atoms with Gasteiger partial charge in [-0.1, -0.05) is 6.07 Å². The Balaban J connectivity index is 0. The number of phenolic OH excluding ortho intramolecular Hbond substituents is 2. The third kappa shape index (κ3) is 4.35. The maximum atomic E-state index is 9.48. The highest BCUT2D eigenvalue weighted by Crippen LogP contribution is 2.27. The van der Waals surface area contributed by atoms with Crippen LogP contribution in [-0.2, 0) is 0 Å². The van der Waals surface area contributed by atoms with Crippen LogP contribution in [-0.4, -0.2) is 28.9 Å². The summed E-state index contributed by atoms with van der Waals surface area (Å²) in [6.07, 6.45) is -0.670. The molecule has 6 heteroatoms. The van der Waals surface area contributed by atoms with Crippen molar-refractivity contribution in [1.82, 2.24) is 11.5 Å². The van der Waals surface area contributed by atoms with E-state index in [2.05, 4.69) is 5.32 Å². The lowest BCUT2D eigenvalue weighted by Crippen LogP contribution is -2.16. The lowest BCUT2D eigenvalue weighted by atomic mass is 10.1. The second kappa shape index (κ2) is 7.30. The van der Waals surface area contributed by atoms with Gasteiger partial charge in [0.05, 0.1) is 6.10 Å². The van der Waals surface area contributed by atoms with E-state index in [0.717, 1.165) is 0 Å². The molecule has 88 valence electrons. The van der Waals surface area contributed by atoms with Gasteiger partial charge in [0.2, 0.25) is 0 Å². The lowest BCUT2D eigenvalue weighted by molar-refractivity contribution is 0.177. The molecule has 15 heavy (non-hydrogen) atoms. The van der Waals surface area contributed by atoms with Gasteiger partial charge in [-0.3, -0.25) is 0 Å². The van der Waals surface area contributed by atoms with E-state index in [-0.39, 0.29) is 30.1 Å². The van der Waals surface area contributed by atoms with Crippen LogP contribution in [0.4, 0.5) is 0 Å². The topological polar surface area (TPSA) is 108 Å². The molecule has 1 aromatic carbocycles. The fourth-order valence-corrected chi connectivity index (χ4v) is 1.06. The average Bonchev–Trinajstić information content (AvgIpc) is 2.10. The van der Waals surface area contributed by atoms with Crippen molar-refractivity contribution in [2.45, 2.75) is 6.10 Å². The van der Waals surface area contributed by atoms with Crippen molar-refractivity contribution in [2.24, 2.45) is 0 Å². The third-order valence-corrected chi connectivity index (χ3v) is 1.78. The molecule has 0 aliphatic heterocycles. The van der Waals surface area contributed by atoms with Gasteiger partial charge in [0, 0.05) is 6.54 Å². The van der Waals surface area contributed by atoms with Gasteiger partial charge in [-0.15, -0.1) is 12.4 Å². The summed E-state index contributed by atoms with van der Waals surface area (Å²) in [6.45, 7) is 0.407. The van der Waals surface area contributed by atoms with E-state index in [1.54, 1.807) is 13.1 Å². The molecule has 7 N–H and O–H groups in total. The summed E-state index contributed by atoms with van der Waals surface area (Å²) >= 11 is 0. The molecule has 1 rings (SSSR count). The second-order valence-electron chi connectivity index (χ2n) is 2.82. The maximum absolute atomic E-state index is 9.48.